The number of aliphatic hydroxyl groups excluding tert-OH is 1. The zero-order chi connectivity index (χ0) is 18.0. The Morgan fingerprint density at radius 3 is 2.83 bits per heavy atom. The van der Waals surface area contributed by atoms with Gasteiger partial charge < -0.3 is 9.94 Å². The van der Waals surface area contributed by atoms with Gasteiger partial charge in [0, 0.05) is 5.41 Å². The highest BCUT2D eigenvalue weighted by molar-refractivity contribution is 5.98. The average Bonchev–Trinajstić information content (AvgIpc) is 2.83. The second-order valence-corrected chi connectivity index (χ2v) is 8.83. The van der Waals surface area contributed by atoms with Gasteiger partial charge in [0.15, 0.2) is 0 Å². The van der Waals surface area contributed by atoms with Crippen molar-refractivity contribution in [2.24, 2.45) is 27.8 Å². The van der Waals surface area contributed by atoms with Crippen LogP contribution in [-0.2, 0) is 4.84 Å². The van der Waals surface area contributed by atoms with Crippen LogP contribution in [0.3, 0.4) is 0 Å². The lowest BCUT2D eigenvalue weighted by Crippen LogP contribution is -2.39. The lowest BCUT2D eigenvalue weighted by molar-refractivity contribution is 0.00805. The van der Waals surface area contributed by atoms with E-state index in [0.29, 0.717) is 11.8 Å². The molecule has 1 N–H and O–H groups in total. The van der Waals surface area contributed by atoms with Crippen LogP contribution in [-0.4, -0.2) is 24.0 Å². The number of allylic oxidation sites excluding steroid dienone is 4. The van der Waals surface area contributed by atoms with Crippen LogP contribution in [0.5, 0.6) is 0 Å². The van der Waals surface area contributed by atoms with Crippen molar-refractivity contribution in [3.05, 3.63) is 23.8 Å². The minimum Gasteiger partial charge on any atom is -0.399 e. The van der Waals surface area contributed by atoms with Crippen molar-refractivity contribution in [2.75, 3.05) is 7.11 Å². The fourth-order valence-electron chi connectivity index (χ4n) is 4.54. The molecule has 2 aliphatic carbocycles. The third kappa shape index (κ3) is 3.93. The lowest BCUT2D eigenvalue weighted by Gasteiger charge is -2.43. The van der Waals surface area contributed by atoms with Gasteiger partial charge in [0.2, 0.25) is 0 Å². The molecule has 4 atom stereocenters. The lowest BCUT2D eigenvalue weighted by atomic mass is 9.63. The predicted molar refractivity (Wildman–Crippen MR) is 101 cm³/mol. The average molecular weight is 334 g/mol. The highest BCUT2D eigenvalue weighted by Gasteiger charge is 2.47. The van der Waals surface area contributed by atoms with Crippen LogP contribution in [0.2, 0.25) is 0 Å². The Labute approximate surface area is 147 Å². The molecule has 0 radical (unpaired) electrons. The second kappa shape index (κ2) is 7.43. The molecular weight excluding hydrogens is 298 g/mol. The van der Waals surface area contributed by atoms with Gasteiger partial charge >= 0.3 is 0 Å². The molecule has 0 bridgehead atoms. The molecule has 0 aromatic carbocycles. The normalized spacial score (nSPS) is 32.6. The van der Waals surface area contributed by atoms with Crippen molar-refractivity contribution < 1.29 is 9.94 Å². The summed E-state index contributed by atoms with van der Waals surface area (Å²) in [4.78, 5) is 4.98. The summed E-state index contributed by atoms with van der Waals surface area (Å²) in [5.74, 6) is 0.929. The maximum absolute atomic E-state index is 10.4. The zero-order valence-corrected chi connectivity index (χ0v) is 16.3. The molecule has 24 heavy (non-hydrogen) atoms. The Morgan fingerprint density at radius 2 is 2.21 bits per heavy atom. The molecule has 1 fully saturated rings. The minimum atomic E-state index is -0.124. The van der Waals surface area contributed by atoms with E-state index >= 15 is 0 Å². The van der Waals surface area contributed by atoms with Crippen molar-refractivity contribution in [3.8, 4) is 0 Å². The Hall–Kier alpha value is -1.09. The summed E-state index contributed by atoms with van der Waals surface area (Å²) in [7, 11) is 1.60. The maximum Gasteiger partial charge on any atom is 0.106 e. The van der Waals surface area contributed by atoms with Crippen LogP contribution in [0.4, 0.5) is 0 Å². The van der Waals surface area contributed by atoms with Crippen molar-refractivity contribution in [3.63, 3.8) is 0 Å². The van der Waals surface area contributed by atoms with Gasteiger partial charge in [0.25, 0.3) is 0 Å². The summed E-state index contributed by atoms with van der Waals surface area (Å²) in [5, 5.41) is 14.5. The van der Waals surface area contributed by atoms with E-state index in [0.717, 1.165) is 31.4 Å². The van der Waals surface area contributed by atoms with Gasteiger partial charge in [-0.2, -0.15) is 0 Å². The number of hydrogen-bond acceptors (Lipinski definition) is 3. The van der Waals surface area contributed by atoms with Gasteiger partial charge in [0.1, 0.15) is 7.11 Å². The van der Waals surface area contributed by atoms with Gasteiger partial charge in [-0.1, -0.05) is 57.5 Å². The highest BCUT2D eigenvalue weighted by atomic mass is 16.6. The predicted octanol–water partition coefficient (Wildman–Crippen LogP) is 5.11. The van der Waals surface area contributed by atoms with Crippen molar-refractivity contribution in [1.29, 1.82) is 0 Å². The van der Waals surface area contributed by atoms with Gasteiger partial charge in [-0.05, 0) is 55.4 Å². The molecule has 136 valence electrons. The third-order valence-electron chi connectivity index (χ3n) is 5.98. The van der Waals surface area contributed by atoms with E-state index in [1.165, 1.54) is 6.42 Å². The van der Waals surface area contributed by atoms with E-state index in [9.17, 15) is 5.11 Å². The Balaban J connectivity index is 2.04. The SMILES string of the molecule is CO/N=C(\C=C\CC(C)C1=CCC2C(O)CCCC12C)C(C)(C)C. The largest absolute Gasteiger partial charge is 0.399 e. The number of rotatable bonds is 5. The standard InChI is InChI=1S/C21H35NO2/c1-15(9-7-11-19(22-24-6)20(2,3)4)16-12-13-17-18(23)10-8-14-21(16,17)5/h7,11-12,15,17-18,23H,8-10,13-14H2,1-6H3/b11-7+,22-19+. The minimum absolute atomic E-state index is 0.0209. The number of hydrogen-bond donors (Lipinski definition) is 1. The third-order valence-corrected chi connectivity index (χ3v) is 5.98. The van der Waals surface area contributed by atoms with Crippen molar-refractivity contribution >= 4 is 5.71 Å². The van der Waals surface area contributed by atoms with Crippen LogP contribution < -0.4 is 0 Å². The van der Waals surface area contributed by atoms with Crippen LogP contribution in [0.25, 0.3) is 0 Å². The Bertz CT molecular complexity index is 526. The molecule has 0 heterocycles. The monoisotopic (exact) mass is 333 g/mol. The van der Waals surface area contributed by atoms with E-state index in [-0.39, 0.29) is 16.9 Å². The molecule has 0 aromatic heterocycles. The van der Waals surface area contributed by atoms with Crippen molar-refractivity contribution in [2.45, 2.75) is 72.8 Å². The van der Waals surface area contributed by atoms with Crippen LogP contribution in [0.1, 0.15) is 66.7 Å². The smallest absolute Gasteiger partial charge is 0.106 e. The molecule has 0 aliphatic heterocycles. The maximum atomic E-state index is 10.4. The van der Waals surface area contributed by atoms with Gasteiger partial charge in [-0.3, -0.25) is 0 Å². The zero-order valence-electron chi connectivity index (χ0n) is 16.3. The molecule has 3 nitrogen and oxygen atoms in total. The van der Waals surface area contributed by atoms with Gasteiger partial charge in [-0.25, -0.2) is 0 Å². The Morgan fingerprint density at radius 1 is 1.50 bits per heavy atom. The molecule has 3 heteroatoms. The summed E-state index contributed by atoms with van der Waals surface area (Å²) in [6, 6.07) is 0. The van der Waals surface area contributed by atoms with Crippen LogP contribution >= 0.6 is 0 Å². The topological polar surface area (TPSA) is 41.8 Å². The molecule has 4 unspecified atom stereocenters. The summed E-state index contributed by atoms with van der Waals surface area (Å²) in [5.41, 5.74) is 2.69. The summed E-state index contributed by atoms with van der Waals surface area (Å²) in [6.07, 6.45) is 12.0. The summed E-state index contributed by atoms with van der Waals surface area (Å²) in [6.45, 7) is 11.1. The molecular formula is C21H35NO2. The fourth-order valence-corrected chi connectivity index (χ4v) is 4.54. The summed E-state index contributed by atoms with van der Waals surface area (Å²) >= 11 is 0. The Kier molecular flexibility index (Phi) is 5.95. The van der Waals surface area contributed by atoms with Gasteiger partial charge in [-0.15, -0.1) is 0 Å². The first-order valence-electron chi connectivity index (χ1n) is 9.37. The summed E-state index contributed by atoms with van der Waals surface area (Å²) < 4.78 is 0. The molecule has 0 aromatic rings. The van der Waals surface area contributed by atoms with E-state index in [1.807, 2.05) is 0 Å². The first-order valence-corrected chi connectivity index (χ1v) is 9.37. The number of aliphatic hydroxyl groups is 1. The quantitative estimate of drug-likeness (QED) is 0.431. The van der Waals surface area contributed by atoms with Crippen LogP contribution in [0, 0.1) is 22.7 Å². The fraction of sp³-hybridized carbons (Fsp3) is 0.762. The molecule has 2 aliphatic rings. The highest BCUT2D eigenvalue weighted by Crippen LogP contribution is 2.55. The van der Waals surface area contributed by atoms with E-state index in [1.54, 1.807) is 12.7 Å². The number of oxime groups is 1. The molecule has 0 saturated heterocycles. The van der Waals surface area contributed by atoms with Crippen LogP contribution in [0.15, 0.2) is 29.0 Å². The van der Waals surface area contributed by atoms with E-state index < -0.39 is 0 Å². The first-order chi connectivity index (χ1) is 11.2. The molecule has 0 spiro atoms. The first kappa shape index (κ1) is 19.2. The van der Waals surface area contributed by atoms with E-state index in [4.69, 9.17) is 4.84 Å². The van der Waals surface area contributed by atoms with Crippen molar-refractivity contribution in [1.82, 2.24) is 0 Å². The number of fused-ring (bicyclic) bond motifs is 1. The van der Waals surface area contributed by atoms with E-state index in [2.05, 4.69) is 58.0 Å². The second-order valence-electron chi connectivity index (χ2n) is 8.83. The molecule has 2 rings (SSSR count). The van der Waals surface area contributed by atoms with Gasteiger partial charge in [0.05, 0.1) is 11.8 Å². The number of nitrogens with zero attached hydrogens (tertiary/aromatic N) is 1. The molecule has 0 amide bonds. The molecule has 1 saturated carbocycles.